The zero-order chi connectivity index (χ0) is 13.7. The van der Waals surface area contributed by atoms with Gasteiger partial charge in [-0.3, -0.25) is 15.1 Å². The molecule has 0 aliphatic carbocycles. The number of anilines is 1. The van der Waals surface area contributed by atoms with Crippen LogP contribution in [-0.2, 0) is 6.54 Å². The Hall–Kier alpha value is -2.94. The summed E-state index contributed by atoms with van der Waals surface area (Å²) in [6.45, 7) is 0.441. The molecular formula is C13H10N4O2. The Morgan fingerprint density at radius 1 is 1.32 bits per heavy atom. The van der Waals surface area contributed by atoms with Crippen molar-refractivity contribution < 1.29 is 4.92 Å². The molecule has 0 spiro atoms. The van der Waals surface area contributed by atoms with Gasteiger partial charge in [-0.05, 0) is 23.8 Å². The third kappa shape index (κ3) is 3.04. The summed E-state index contributed by atoms with van der Waals surface area (Å²) in [6, 6.07) is 10.6. The van der Waals surface area contributed by atoms with E-state index in [2.05, 4.69) is 10.3 Å². The number of hydrogen-bond donors (Lipinski definition) is 1. The Morgan fingerprint density at radius 3 is 2.68 bits per heavy atom. The summed E-state index contributed by atoms with van der Waals surface area (Å²) >= 11 is 0. The van der Waals surface area contributed by atoms with Crippen molar-refractivity contribution in [2.24, 2.45) is 0 Å². The first-order valence-corrected chi connectivity index (χ1v) is 5.52. The summed E-state index contributed by atoms with van der Waals surface area (Å²) in [5, 5.41) is 22.5. The number of pyridine rings is 1. The fraction of sp³-hybridized carbons (Fsp3) is 0.0769. The number of benzene rings is 1. The molecular weight excluding hydrogens is 244 g/mol. The van der Waals surface area contributed by atoms with Gasteiger partial charge in [-0.25, -0.2) is 0 Å². The predicted molar refractivity (Wildman–Crippen MR) is 69.4 cm³/mol. The molecule has 0 unspecified atom stereocenters. The van der Waals surface area contributed by atoms with E-state index in [-0.39, 0.29) is 5.69 Å². The Kier molecular flexibility index (Phi) is 3.69. The Morgan fingerprint density at radius 2 is 2.05 bits per heavy atom. The number of nitriles is 1. The van der Waals surface area contributed by atoms with Gasteiger partial charge < -0.3 is 5.32 Å². The summed E-state index contributed by atoms with van der Waals surface area (Å²) in [4.78, 5) is 14.1. The Balaban J connectivity index is 2.10. The molecule has 2 rings (SSSR count). The van der Waals surface area contributed by atoms with Gasteiger partial charge in [0.15, 0.2) is 0 Å². The maximum Gasteiger partial charge on any atom is 0.310 e. The third-order valence-electron chi connectivity index (χ3n) is 2.56. The molecule has 0 fully saturated rings. The largest absolute Gasteiger partial charge is 0.375 e. The van der Waals surface area contributed by atoms with Crippen molar-refractivity contribution in [2.45, 2.75) is 6.54 Å². The smallest absolute Gasteiger partial charge is 0.310 e. The van der Waals surface area contributed by atoms with E-state index in [4.69, 9.17) is 5.26 Å². The van der Waals surface area contributed by atoms with Crippen LogP contribution in [0.25, 0.3) is 0 Å². The molecule has 0 radical (unpaired) electrons. The molecule has 0 saturated heterocycles. The van der Waals surface area contributed by atoms with Crippen molar-refractivity contribution in [3.05, 3.63) is 64.0 Å². The van der Waals surface area contributed by atoms with Crippen LogP contribution in [0.4, 0.5) is 11.4 Å². The molecule has 0 aliphatic heterocycles. The zero-order valence-electron chi connectivity index (χ0n) is 9.91. The molecule has 0 aliphatic rings. The fourth-order valence-corrected chi connectivity index (χ4v) is 1.58. The average Bonchev–Trinajstić information content (AvgIpc) is 2.46. The predicted octanol–water partition coefficient (Wildman–Crippen LogP) is 2.47. The number of nitro groups is 1. The first-order valence-electron chi connectivity index (χ1n) is 5.52. The first kappa shape index (κ1) is 12.5. The van der Waals surface area contributed by atoms with E-state index >= 15 is 0 Å². The average molecular weight is 254 g/mol. The molecule has 2 aromatic rings. The molecule has 6 nitrogen and oxygen atoms in total. The maximum atomic E-state index is 10.8. The summed E-state index contributed by atoms with van der Waals surface area (Å²) < 4.78 is 0. The van der Waals surface area contributed by atoms with Crippen molar-refractivity contribution in [3.8, 4) is 6.07 Å². The van der Waals surface area contributed by atoms with E-state index in [1.54, 1.807) is 30.3 Å². The fourth-order valence-electron chi connectivity index (χ4n) is 1.58. The third-order valence-corrected chi connectivity index (χ3v) is 2.56. The molecule has 0 bridgehead atoms. The second-order valence-electron chi connectivity index (χ2n) is 3.81. The van der Waals surface area contributed by atoms with Gasteiger partial charge in [0, 0.05) is 12.7 Å². The van der Waals surface area contributed by atoms with Gasteiger partial charge in [0.1, 0.15) is 11.9 Å². The van der Waals surface area contributed by atoms with E-state index < -0.39 is 4.92 Å². The van der Waals surface area contributed by atoms with Crippen LogP contribution < -0.4 is 5.32 Å². The second kappa shape index (κ2) is 5.60. The highest BCUT2D eigenvalue weighted by Gasteiger charge is 2.12. The minimum absolute atomic E-state index is 0.0591. The molecule has 1 aromatic heterocycles. The standard InChI is InChI=1S/C13H10N4O2/c14-7-10-1-3-11(4-2-10)8-16-12-5-6-15-9-13(12)17(18)19/h1-6,9H,8H2,(H,15,16). The van der Waals surface area contributed by atoms with Crippen LogP contribution in [0.15, 0.2) is 42.7 Å². The number of nitrogens with one attached hydrogen (secondary N) is 1. The normalized spacial score (nSPS) is 9.63. The highest BCUT2D eigenvalue weighted by atomic mass is 16.6. The van der Waals surface area contributed by atoms with Crippen molar-refractivity contribution >= 4 is 11.4 Å². The molecule has 6 heteroatoms. The number of hydrogen-bond acceptors (Lipinski definition) is 5. The van der Waals surface area contributed by atoms with Gasteiger partial charge in [-0.1, -0.05) is 12.1 Å². The molecule has 0 amide bonds. The van der Waals surface area contributed by atoms with Crippen LogP contribution in [0.3, 0.4) is 0 Å². The van der Waals surface area contributed by atoms with Crippen molar-refractivity contribution in [3.63, 3.8) is 0 Å². The number of rotatable bonds is 4. The van der Waals surface area contributed by atoms with Crippen molar-refractivity contribution in [1.82, 2.24) is 4.98 Å². The van der Waals surface area contributed by atoms with Crippen LogP contribution in [0.1, 0.15) is 11.1 Å². The monoisotopic (exact) mass is 254 g/mol. The highest BCUT2D eigenvalue weighted by Crippen LogP contribution is 2.22. The number of nitrogens with zero attached hydrogens (tertiary/aromatic N) is 3. The van der Waals surface area contributed by atoms with Gasteiger partial charge in [0.25, 0.3) is 0 Å². The van der Waals surface area contributed by atoms with Crippen LogP contribution >= 0.6 is 0 Å². The lowest BCUT2D eigenvalue weighted by atomic mass is 10.1. The quantitative estimate of drug-likeness (QED) is 0.668. The van der Waals surface area contributed by atoms with E-state index in [0.29, 0.717) is 17.8 Å². The van der Waals surface area contributed by atoms with Crippen molar-refractivity contribution in [2.75, 3.05) is 5.32 Å². The molecule has 1 aromatic carbocycles. The first-order chi connectivity index (χ1) is 9.20. The van der Waals surface area contributed by atoms with E-state index in [0.717, 1.165) is 5.56 Å². The zero-order valence-corrected chi connectivity index (χ0v) is 9.91. The van der Waals surface area contributed by atoms with Crippen LogP contribution in [0.2, 0.25) is 0 Å². The summed E-state index contributed by atoms with van der Waals surface area (Å²) in [5.74, 6) is 0. The van der Waals surface area contributed by atoms with Gasteiger partial charge in [-0.2, -0.15) is 5.26 Å². The molecule has 1 heterocycles. The summed E-state index contributed by atoms with van der Waals surface area (Å²) in [6.07, 6.45) is 2.70. The molecule has 94 valence electrons. The topological polar surface area (TPSA) is 91.8 Å². The lowest BCUT2D eigenvalue weighted by Gasteiger charge is -2.06. The minimum Gasteiger partial charge on any atom is -0.375 e. The molecule has 19 heavy (non-hydrogen) atoms. The van der Waals surface area contributed by atoms with Crippen LogP contribution in [0.5, 0.6) is 0 Å². The minimum atomic E-state index is -0.478. The number of aromatic nitrogens is 1. The SMILES string of the molecule is N#Cc1ccc(CNc2ccncc2[N+](=O)[O-])cc1. The Labute approximate surface area is 109 Å². The molecule has 1 N–H and O–H groups in total. The second-order valence-corrected chi connectivity index (χ2v) is 3.81. The maximum absolute atomic E-state index is 10.8. The Bertz CT molecular complexity index is 632. The van der Waals surface area contributed by atoms with E-state index in [1.807, 2.05) is 6.07 Å². The van der Waals surface area contributed by atoms with Gasteiger partial charge in [-0.15, -0.1) is 0 Å². The van der Waals surface area contributed by atoms with E-state index in [1.165, 1.54) is 12.4 Å². The van der Waals surface area contributed by atoms with Crippen LogP contribution in [0, 0.1) is 21.4 Å². The van der Waals surface area contributed by atoms with Gasteiger partial charge >= 0.3 is 5.69 Å². The summed E-state index contributed by atoms with van der Waals surface area (Å²) in [7, 11) is 0. The lowest BCUT2D eigenvalue weighted by molar-refractivity contribution is -0.384. The van der Waals surface area contributed by atoms with Crippen molar-refractivity contribution in [1.29, 1.82) is 5.26 Å². The molecule has 0 atom stereocenters. The van der Waals surface area contributed by atoms with E-state index in [9.17, 15) is 10.1 Å². The van der Waals surface area contributed by atoms with Gasteiger partial charge in [0.2, 0.25) is 0 Å². The van der Waals surface area contributed by atoms with Crippen LogP contribution in [-0.4, -0.2) is 9.91 Å². The molecule has 0 saturated carbocycles. The highest BCUT2D eigenvalue weighted by molar-refractivity contribution is 5.59. The lowest BCUT2D eigenvalue weighted by Crippen LogP contribution is -2.02. The van der Waals surface area contributed by atoms with Gasteiger partial charge in [0.05, 0.1) is 16.6 Å². The summed E-state index contributed by atoms with van der Waals surface area (Å²) in [5.41, 5.74) is 1.88.